The fourth-order valence-corrected chi connectivity index (χ4v) is 3.72. The number of methoxy groups -OCH3 is 2. The number of hydrogen-bond donors (Lipinski definition) is 0. The van der Waals surface area contributed by atoms with Crippen molar-refractivity contribution in [2.75, 3.05) is 20.8 Å². The van der Waals surface area contributed by atoms with E-state index < -0.39 is 12.1 Å². The quantitative estimate of drug-likeness (QED) is 0.727. The zero-order valence-corrected chi connectivity index (χ0v) is 17.8. The van der Waals surface area contributed by atoms with E-state index in [1.165, 1.54) is 4.90 Å². The normalized spacial score (nSPS) is 18.9. The van der Waals surface area contributed by atoms with Gasteiger partial charge >= 0.3 is 6.09 Å². The second kappa shape index (κ2) is 9.52. The van der Waals surface area contributed by atoms with Gasteiger partial charge in [-0.25, -0.2) is 4.79 Å². The molecule has 2 aromatic rings. The molecule has 0 spiro atoms. The van der Waals surface area contributed by atoms with E-state index in [-0.39, 0.29) is 18.6 Å². The third-order valence-electron chi connectivity index (χ3n) is 5.32. The van der Waals surface area contributed by atoms with Crippen LogP contribution in [0.5, 0.6) is 11.5 Å². The topological polar surface area (TPSA) is 68.3 Å². The minimum Gasteiger partial charge on any atom is -0.497 e. The van der Waals surface area contributed by atoms with E-state index in [9.17, 15) is 9.59 Å². The SMILES string of the molecule is COc1ccc(CN2C[C@@H](C)N(C(=O)OCc3ccccc3)[C@@H](C)C2=O)c(OC)c1. The lowest BCUT2D eigenvalue weighted by Gasteiger charge is -2.43. The van der Waals surface area contributed by atoms with Crippen molar-refractivity contribution in [1.29, 1.82) is 0 Å². The summed E-state index contributed by atoms with van der Waals surface area (Å²) in [5.74, 6) is 1.23. The van der Waals surface area contributed by atoms with E-state index in [1.807, 2.05) is 49.4 Å². The Hall–Kier alpha value is -3.22. The van der Waals surface area contributed by atoms with Crippen LogP contribution in [0.3, 0.4) is 0 Å². The molecular weight excluding hydrogens is 384 g/mol. The summed E-state index contributed by atoms with van der Waals surface area (Å²) in [5.41, 5.74) is 1.79. The molecule has 30 heavy (non-hydrogen) atoms. The number of hydrogen-bond acceptors (Lipinski definition) is 5. The summed E-state index contributed by atoms with van der Waals surface area (Å²) in [6.45, 7) is 4.65. The van der Waals surface area contributed by atoms with Crippen molar-refractivity contribution in [1.82, 2.24) is 9.80 Å². The van der Waals surface area contributed by atoms with Gasteiger partial charge in [0, 0.05) is 24.7 Å². The molecule has 1 fully saturated rings. The molecule has 0 unspecified atom stereocenters. The first-order chi connectivity index (χ1) is 14.4. The van der Waals surface area contributed by atoms with Gasteiger partial charge in [-0.05, 0) is 31.5 Å². The summed E-state index contributed by atoms with van der Waals surface area (Å²) >= 11 is 0. The summed E-state index contributed by atoms with van der Waals surface area (Å²) in [6.07, 6.45) is -0.478. The first-order valence-corrected chi connectivity index (χ1v) is 9.93. The maximum atomic E-state index is 13.0. The molecule has 0 bridgehead atoms. The summed E-state index contributed by atoms with van der Waals surface area (Å²) in [5, 5.41) is 0. The lowest BCUT2D eigenvalue weighted by Crippen LogP contribution is -2.61. The molecule has 0 N–H and O–H groups in total. The van der Waals surface area contributed by atoms with Crippen LogP contribution in [0.2, 0.25) is 0 Å². The molecule has 3 rings (SSSR count). The van der Waals surface area contributed by atoms with E-state index in [4.69, 9.17) is 14.2 Å². The van der Waals surface area contributed by atoms with E-state index >= 15 is 0 Å². The van der Waals surface area contributed by atoms with Gasteiger partial charge in [0.2, 0.25) is 5.91 Å². The number of amides is 2. The molecule has 0 aromatic heterocycles. The van der Waals surface area contributed by atoms with Gasteiger partial charge in [0.25, 0.3) is 0 Å². The number of carbonyl (C=O) groups excluding carboxylic acids is 2. The Bertz CT molecular complexity index is 886. The number of ether oxygens (including phenoxy) is 3. The highest BCUT2D eigenvalue weighted by Gasteiger charge is 2.39. The molecule has 2 aromatic carbocycles. The highest BCUT2D eigenvalue weighted by molar-refractivity contribution is 5.87. The Labute approximate surface area is 177 Å². The highest BCUT2D eigenvalue weighted by Crippen LogP contribution is 2.28. The van der Waals surface area contributed by atoms with Crippen molar-refractivity contribution in [3.05, 3.63) is 59.7 Å². The molecule has 160 valence electrons. The number of piperazine rings is 1. The predicted octanol–water partition coefficient (Wildman–Crippen LogP) is 3.46. The molecule has 7 nitrogen and oxygen atoms in total. The number of rotatable bonds is 6. The molecule has 0 saturated carbocycles. The zero-order chi connectivity index (χ0) is 21.7. The third-order valence-corrected chi connectivity index (χ3v) is 5.32. The van der Waals surface area contributed by atoms with Crippen LogP contribution >= 0.6 is 0 Å². The smallest absolute Gasteiger partial charge is 0.411 e. The summed E-state index contributed by atoms with van der Waals surface area (Å²) < 4.78 is 16.1. The maximum Gasteiger partial charge on any atom is 0.411 e. The van der Waals surface area contributed by atoms with E-state index in [0.717, 1.165) is 11.1 Å². The van der Waals surface area contributed by atoms with Crippen LogP contribution in [-0.2, 0) is 22.7 Å². The van der Waals surface area contributed by atoms with Gasteiger partial charge in [-0.1, -0.05) is 30.3 Å². The molecular formula is C23H28N2O5. The van der Waals surface area contributed by atoms with E-state index in [1.54, 1.807) is 32.1 Å². The van der Waals surface area contributed by atoms with Crippen LogP contribution in [0.4, 0.5) is 4.79 Å². The summed E-state index contributed by atoms with van der Waals surface area (Å²) in [6, 6.07) is 14.2. The minimum atomic E-state index is -0.610. The molecule has 1 aliphatic rings. The second-order valence-corrected chi connectivity index (χ2v) is 7.37. The highest BCUT2D eigenvalue weighted by atomic mass is 16.6. The van der Waals surface area contributed by atoms with Crippen LogP contribution < -0.4 is 9.47 Å². The van der Waals surface area contributed by atoms with Crippen molar-refractivity contribution in [2.24, 2.45) is 0 Å². The minimum absolute atomic E-state index is 0.123. The van der Waals surface area contributed by atoms with E-state index in [0.29, 0.717) is 24.6 Å². The molecule has 0 radical (unpaired) electrons. The van der Waals surface area contributed by atoms with Crippen molar-refractivity contribution in [2.45, 2.75) is 39.1 Å². The average molecular weight is 412 g/mol. The fourth-order valence-electron chi connectivity index (χ4n) is 3.72. The summed E-state index contributed by atoms with van der Waals surface area (Å²) in [4.78, 5) is 28.9. The van der Waals surface area contributed by atoms with Crippen LogP contribution in [0, 0.1) is 0 Å². The summed E-state index contributed by atoms with van der Waals surface area (Å²) in [7, 11) is 3.18. The molecule has 1 aliphatic heterocycles. The van der Waals surface area contributed by atoms with Crippen LogP contribution in [-0.4, -0.2) is 54.6 Å². The Morgan fingerprint density at radius 1 is 1.07 bits per heavy atom. The second-order valence-electron chi connectivity index (χ2n) is 7.37. The predicted molar refractivity (Wildman–Crippen MR) is 112 cm³/mol. The lowest BCUT2D eigenvalue weighted by atomic mass is 10.1. The average Bonchev–Trinajstić information content (AvgIpc) is 2.76. The first-order valence-electron chi connectivity index (χ1n) is 9.93. The molecule has 7 heteroatoms. The zero-order valence-electron chi connectivity index (χ0n) is 17.8. The van der Waals surface area contributed by atoms with Crippen molar-refractivity contribution >= 4 is 12.0 Å². The monoisotopic (exact) mass is 412 g/mol. The molecule has 2 atom stereocenters. The van der Waals surface area contributed by atoms with Crippen LogP contribution in [0.25, 0.3) is 0 Å². The van der Waals surface area contributed by atoms with Crippen LogP contribution in [0.1, 0.15) is 25.0 Å². The van der Waals surface area contributed by atoms with Crippen molar-refractivity contribution < 1.29 is 23.8 Å². The molecule has 1 heterocycles. The largest absolute Gasteiger partial charge is 0.497 e. The maximum absolute atomic E-state index is 13.0. The Kier molecular flexibility index (Phi) is 6.82. The van der Waals surface area contributed by atoms with Gasteiger partial charge in [-0.3, -0.25) is 9.69 Å². The van der Waals surface area contributed by atoms with Gasteiger partial charge in [0.05, 0.1) is 20.3 Å². The Morgan fingerprint density at radius 3 is 2.47 bits per heavy atom. The number of benzene rings is 2. The fraction of sp³-hybridized carbons (Fsp3) is 0.391. The Morgan fingerprint density at radius 2 is 1.80 bits per heavy atom. The van der Waals surface area contributed by atoms with Crippen LogP contribution in [0.15, 0.2) is 48.5 Å². The first kappa shape index (κ1) is 21.5. The van der Waals surface area contributed by atoms with Gasteiger partial charge in [-0.2, -0.15) is 0 Å². The van der Waals surface area contributed by atoms with Gasteiger partial charge in [0.1, 0.15) is 24.1 Å². The molecule has 2 amide bonds. The van der Waals surface area contributed by atoms with Crippen molar-refractivity contribution in [3.63, 3.8) is 0 Å². The molecule has 1 saturated heterocycles. The lowest BCUT2D eigenvalue weighted by molar-refractivity contribution is -0.143. The van der Waals surface area contributed by atoms with Gasteiger partial charge in [0.15, 0.2) is 0 Å². The van der Waals surface area contributed by atoms with Gasteiger partial charge in [-0.15, -0.1) is 0 Å². The van der Waals surface area contributed by atoms with Gasteiger partial charge < -0.3 is 19.1 Å². The van der Waals surface area contributed by atoms with E-state index in [2.05, 4.69) is 0 Å². The van der Waals surface area contributed by atoms with Crippen molar-refractivity contribution in [3.8, 4) is 11.5 Å². The standard InChI is InChI=1S/C23H28N2O5/c1-16-13-24(14-19-10-11-20(28-3)12-21(19)29-4)22(26)17(2)25(16)23(27)30-15-18-8-6-5-7-9-18/h5-12,16-17H,13-15H2,1-4H3/t16-,17+/m1/s1. The molecule has 0 aliphatic carbocycles. The number of nitrogens with zero attached hydrogens (tertiary/aromatic N) is 2. The third kappa shape index (κ3) is 4.67. The Balaban J connectivity index is 1.67. The number of carbonyl (C=O) groups is 2.